The summed E-state index contributed by atoms with van der Waals surface area (Å²) in [6.45, 7) is 6.21. The second-order valence-electron chi connectivity index (χ2n) is 4.64. The summed E-state index contributed by atoms with van der Waals surface area (Å²) in [5, 5.41) is 0.732. The highest BCUT2D eigenvalue weighted by Gasteiger charge is 2.21. The van der Waals surface area contributed by atoms with Gasteiger partial charge in [-0.25, -0.2) is 9.97 Å². The highest BCUT2D eigenvalue weighted by atomic mass is 32.1. The van der Waals surface area contributed by atoms with E-state index in [0.717, 1.165) is 11.0 Å². The van der Waals surface area contributed by atoms with Crippen LogP contribution in [0.2, 0.25) is 0 Å². The second kappa shape index (κ2) is 4.15. The van der Waals surface area contributed by atoms with Gasteiger partial charge in [-0.2, -0.15) is 4.37 Å². The Morgan fingerprint density at radius 1 is 1.47 bits per heavy atom. The van der Waals surface area contributed by atoms with E-state index in [1.807, 2.05) is 0 Å². The van der Waals surface area contributed by atoms with Crippen molar-refractivity contribution in [2.75, 3.05) is 0 Å². The van der Waals surface area contributed by atoms with Crippen molar-refractivity contribution in [3.8, 4) is 5.13 Å². The first-order valence-electron chi connectivity index (χ1n) is 5.07. The van der Waals surface area contributed by atoms with Gasteiger partial charge in [0.05, 0.1) is 0 Å². The van der Waals surface area contributed by atoms with Crippen LogP contribution < -0.4 is 5.73 Å². The molecule has 2 heterocycles. The molecule has 0 aliphatic rings. The third-order valence-electron chi connectivity index (χ3n) is 2.15. The molecule has 0 aliphatic carbocycles. The molecule has 7 heteroatoms. The first-order valence-corrected chi connectivity index (χ1v) is 6.25. The summed E-state index contributed by atoms with van der Waals surface area (Å²) in [5.41, 5.74) is 5.52. The Kier molecular flexibility index (Phi) is 2.96. The van der Waals surface area contributed by atoms with Gasteiger partial charge in [-0.1, -0.05) is 33.0 Å². The Balaban J connectivity index is 2.44. The van der Waals surface area contributed by atoms with Crippen LogP contribution in [0.4, 0.5) is 0 Å². The number of nitrogens with zero attached hydrogens (tertiary/aromatic N) is 4. The first-order chi connectivity index (χ1) is 7.89. The fourth-order valence-corrected chi connectivity index (χ4v) is 2.25. The number of thiocarbonyl (C=S) groups is 1. The monoisotopic (exact) mass is 267 g/mol. The molecule has 17 heavy (non-hydrogen) atoms. The molecule has 0 fully saturated rings. The summed E-state index contributed by atoms with van der Waals surface area (Å²) in [6, 6.07) is 0. The largest absolute Gasteiger partial charge is 0.387 e. The standard InChI is InChI=1S/C10H13N5S2/c1-10(2,3)8-13-9(17-14-8)15-5-4-12-7(15)6(11)16/h4-5H,1-3H3,(H2,11,16). The molecule has 2 N–H and O–H groups in total. The quantitative estimate of drug-likeness (QED) is 0.838. The number of hydrogen-bond acceptors (Lipinski definition) is 5. The maximum absolute atomic E-state index is 5.59. The molecule has 0 spiro atoms. The lowest BCUT2D eigenvalue weighted by atomic mass is 9.96. The number of rotatable bonds is 2. The van der Waals surface area contributed by atoms with Crippen molar-refractivity contribution in [1.82, 2.24) is 18.9 Å². The Hall–Kier alpha value is -1.34. The molecule has 0 radical (unpaired) electrons. The highest BCUT2D eigenvalue weighted by Crippen LogP contribution is 2.22. The molecule has 0 aliphatic heterocycles. The summed E-state index contributed by atoms with van der Waals surface area (Å²) in [6.07, 6.45) is 3.42. The average molecular weight is 267 g/mol. The van der Waals surface area contributed by atoms with Crippen LogP contribution in [-0.4, -0.2) is 23.9 Å². The van der Waals surface area contributed by atoms with Crippen molar-refractivity contribution in [2.45, 2.75) is 26.2 Å². The molecule has 0 saturated heterocycles. The molecule has 2 rings (SSSR count). The minimum Gasteiger partial charge on any atom is -0.387 e. The maximum Gasteiger partial charge on any atom is 0.215 e. The van der Waals surface area contributed by atoms with Gasteiger partial charge in [0.2, 0.25) is 5.13 Å². The zero-order valence-corrected chi connectivity index (χ0v) is 11.5. The van der Waals surface area contributed by atoms with Gasteiger partial charge in [0.1, 0.15) is 10.8 Å². The minimum absolute atomic E-state index is 0.0707. The third-order valence-corrected chi connectivity index (χ3v) is 3.05. The molecule has 0 aromatic carbocycles. The van der Waals surface area contributed by atoms with E-state index in [0.29, 0.717) is 5.82 Å². The van der Waals surface area contributed by atoms with Crippen LogP contribution in [0.3, 0.4) is 0 Å². The molecule has 0 unspecified atom stereocenters. The van der Waals surface area contributed by atoms with E-state index in [1.165, 1.54) is 11.5 Å². The van der Waals surface area contributed by atoms with Crippen molar-refractivity contribution >= 4 is 28.7 Å². The zero-order valence-electron chi connectivity index (χ0n) is 9.84. The Labute approximate surface area is 109 Å². The van der Waals surface area contributed by atoms with Crippen molar-refractivity contribution < 1.29 is 0 Å². The van der Waals surface area contributed by atoms with Crippen LogP contribution in [0.25, 0.3) is 5.13 Å². The lowest BCUT2D eigenvalue weighted by Crippen LogP contribution is -2.16. The van der Waals surface area contributed by atoms with Gasteiger partial charge < -0.3 is 5.73 Å². The number of nitrogens with two attached hydrogens (primary N) is 1. The van der Waals surface area contributed by atoms with Crippen LogP contribution in [0.15, 0.2) is 12.4 Å². The lowest BCUT2D eigenvalue weighted by Gasteiger charge is -2.12. The normalized spacial score (nSPS) is 11.7. The summed E-state index contributed by atoms with van der Waals surface area (Å²) in [7, 11) is 0. The van der Waals surface area contributed by atoms with Gasteiger partial charge in [0.15, 0.2) is 5.82 Å². The van der Waals surface area contributed by atoms with E-state index in [1.54, 1.807) is 17.0 Å². The molecule has 2 aromatic heterocycles. The second-order valence-corrected chi connectivity index (χ2v) is 5.81. The van der Waals surface area contributed by atoms with E-state index in [-0.39, 0.29) is 10.4 Å². The Bertz CT molecular complexity index is 549. The number of hydrogen-bond donors (Lipinski definition) is 1. The smallest absolute Gasteiger partial charge is 0.215 e. The summed E-state index contributed by atoms with van der Waals surface area (Å²) in [4.78, 5) is 8.83. The van der Waals surface area contributed by atoms with Crippen molar-refractivity contribution in [3.63, 3.8) is 0 Å². The van der Waals surface area contributed by atoms with E-state index in [9.17, 15) is 0 Å². The van der Waals surface area contributed by atoms with Gasteiger partial charge in [0, 0.05) is 29.3 Å². The van der Waals surface area contributed by atoms with Crippen LogP contribution in [0, 0.1) is 0 Å². The van der Waals surface area contributed by atoms with Crippen LogP contribution in [-0.2, 0) is 5.41 Å². The molecular formula is C10H13N5S2. The Morgan fingerprint density at radius 3 is 2.71 bits per heavy atom. The van der Waals surface area contributed by atoms with Gasteiger partial charge in [-0.05, 0) is 0 Å². The SMILES string of the molecule is CC(C)(C)c1nsc(-n2ccnc2C(N)=S)n1. The minimum atomic E-state index is -0.0707. The average Bonchev–Trinajstić information content (AvgIpc) is 2.85. The van der Waals surface area contributed by atoms with Gasteiger partial charge in [-0.15, -0.1) is 0 Å². The van der Waals surface area contributed by atoms with Crippen LogP contribution >= 0.6 is 23.8 Å². The fourth-order valence-electron chi connectivity index (χ4n) is 1.26. The van der Waals surface area contributed by atoms with E-state index >= 15 is 0 Å². The van der Waals surface area contributed by atoms with E-state index in [2.05, 4.69) is 35.1 Å². The van der Waals surface area contributed by atoms with Gasteiger partial charge in [0.25, 0.3) is 0 Å². The molecule has 0 amide bonds. The van der Waals surface area contributed by atoms with E-state index in [4.69, 9.17) is 18.0 Å². The van der Waals surface area contributed by atoms with Crippen LogP contribution in [0.5, 0.6) is 0 Å². The van der Waals surface area contributed by atoms with Gasteiger partial charge in [-0.3, -0.25) is 4.57 Å². The molecule has 0 saturated carbocycles. The third kappa shape index (κ3) is 2.34. The first kappa shape index (κ1) is 12.1. The maximum atomic E-state index is 5.59. The molecule has 0 atom stereocenters. The van der Waals surface area contributed by atoms with Gasteiger partial charge >= 0.3 is 0 Å². The molecule has 5 nitrogen and oxygen atoms in total. The topological polar surface area (TPSA) is 69.6 Å². The molecule has 90 valence electrons. The zero-order chi connectivity index (χ0) is 12.6. The number of imidazole rings is 1. The predicted octanol–water partition coefficient (Wildman–Crippen LogP) is 1.66. The highest BCUT2D eigenvalue weighted by molar-refractivity contribution is 7.80. The van der Waals surface area contributed by atoms with E-state index < -0.39 is 0 Å². The predicted molar refractivity (Wildman–Crippen MR) is 71.6 cm³/mol. The molecule has 0 bridgehead atoms. The number of aromatic nitrogens is 4. The Morgan fingerprint density at radius 2 is 2.18 bits per heavy atom. The van der Waals surface area contributed by atoms with Crippen molar-refractivity contribution in [3.05, 3.63) is 24.0 Å². The molecule has 2 aromatic rings. The molecular weight excluding hydrogens is 254 g/mol. The summed E-state index contributed by atoms with van der Waals surface area (Å²) >= 11 is 6.25. The van der Waals surface area contributed by atoms with Crippen molar-refractivity contribution in [1.29, 1.82) is 0 Å². The van der Waals surface area contributed by atoms with Crippen molar-refractivity contribution in [2.24, 2.45) is 5.73 Å². The lowest BCUT2D eigenvalue weighted by molar-refractivity contribution is 0.554. The summed E-state index contributed by atoms with van der Waals surface area (Å²) < 4.78 is 6.10. The summed E-state index contributed by atoms with van der Waals surface area (Å²) in [5.74, 6) is 1.34. The fraction of sp³-hybridized carbons (Fsp3) is 0.400. The van der Waals surface area contributed by atoms with Crippen LogP contribution in [0.1, 0.15) is 32.4 Å².